The van der Waals surface area contributed by atoms with Gasteiger partial charge in [-0.3, -0.25) is 0 Å². The van der Waals surface area contributed by atoms with Crippen LogP contribution in [0.1, 0.15) is 77.0 Å². The van der Waals surface area contributed by atoms with Crippen LogP contribution in [0, 0.1) is 5.92 Å². The van der Waals surface area contributed by atoms with E-state index in [2.05, 4.69) is 6.08 Å². The van der Waals surface area contributed by atoms with Gasteiger partial charge in [-0.15, -0.1) is 0 Å². The van der Waals surface area contributed by atoms with E-state index in [1.54, 1.807) is 0 Å². The molecular weight excluding hydrogens is 180 g/mol. The Hall–Kier alpha value is -0.260. The highest BCUT2D eigenvalue weighted by Crippen LogP contribution is 2.33. The largest absolute Gasteiger partial charge is 0.0851 e. The normalized spacial score (nSPS) is 29.7. The van der Waals surface area contributed by atoms with E-state index in [1.165, 1.54) is 77.0 Å². The fraction of sp³-hybridized carbons (Fsp3) is 0.867. The molecule has 0 aliphatic heterocycles. The zero-order chi connectivity index (χ0) is 10.3. The van der Waals surface area contributed by atoms with Gasteiger partial charge in [-0.25, -0.2) is 0 Å². The second kappa shape index (κ2) is 6.35. The first-order chi connectivity index (χ1) is 7.47. The Kier molecular flexibility index (Phi) is 4.76. The molecule has 0 N–H and O–H groups in total. The van der Waals surface area contributed by atoms with Crippen molar-refractivity contribution in [2.75, 3.05) is 0 Å². The summed E-state index contributed by atoms with van der Waals surface area (Å²) in [4.78, 5) is 0. The van der Waals surface area contributed by atoms with Crippen molar-refractivity contribution >= 4 is 0 Å². The molecule has 0 aromatic rings. The van der Waals surface area contributed by atoms with Gasteiger partial charge < -0.3 is 0 Å². The molecular formula is C15H26. The Morgan fingerprint density at radius 3 is 2.27 bits per heavy atom. The van der Waals surface area contributed by atoms with Crippen LogP contribution in [-0.4, -0.2) is 0 Å². The van der Waals surface area contributed by atoms with Crippen LogP contribution in [0.4, 0.5) is 0 Å². The number of rotatable bonds is 1. The van der Waals surface area contributed by atoms with E-state index < -0.39 is 0 Å². The van der Waals surface area contributed by atoms with E-state index in [4.69, 9.17) is 0 Å². The lowest BCUT2D eigenvalue weighted by atomic mass is 9.81. The summed E-state index contributed by atoms with van der Waals surface area (Å²) in [6, 6.07) is 0. The fourth-order valence-electron chi connectivity index (χ4n) is 3.24. The van der Waals surface area contributed by atoms with E-state index in [0.29, 0.717) is 0 Å². The van der Waals surface area contributed by atoms with E-state index in [0.717, 1.165) is 5.92 Å². The van der Waals surface area contributed by atoms with Gasteiger partial charge >= 0.3 is 0 Å². The molecule has 1 saturated carbocycles. The average molecular weight is 206 g/mol. The first kappa shape index (κ1) is 11.2. The van der Waals surface area contributed by atoms with Gasteiger partial charge in [0, 0.05) is 0 Å². The average Bonchev–Trinajstić information content (AvgIpc) is 2.43. The van der Waals surface area contributed by atoms with Gasteiger partial charge in [-0.2, -0.15) is 0 Å². The Morgan fingerprint density at radius 2 is 1.40 bits per heavy atom. The van der Waals surface area contributed by atoms with Crippen molar-refractivity contribution < 1.29 is 0 Å². The predicted molar refractivity (Wildman–Crippen MR) is 67.0 cm³/mol. The molecule has 0 radical (unpaired) electrons. The molecule has 2 aliphatic carbocycles. The lowest BCUT2D eigenvalue weighted by molar-refractivity contribution is 0.392. The Labute approximate surface area is 95.1 Å². The maximum atomic E-state index is 2.61. The van der Waals surface area contributed by atoms with Crippen molar-refractivity contribution in [3.05, 3.63) is 11.6 Å². The fourth-order valence-corrected chi connectivity index (χ4v) is 3.24. The molecule has 15 heavy (non-hydrogen) atoms. The van der Waals surface area contributed by atoms with Gasteiger partial charge in [-0.05, 0) is 44.4 Å². The summed E-state index contributed by atoms with van der Waals surface area (Å²) in [5.74, 6) is 0.983. The Morgan fingerprint density at radius 1 is 0.733 bits per heavy atom. The summed E-state index contributed by atoms with van der Waals surface area (Å²) in [5, 5.41) is 0. The minimum absolute atomic E-state index is 0.983. The van der Waals surface area contributed by atoms with Crippen molar-refractivity contribution in [3.8, 4) is 0 Å². The lowest BCUT2D eigenvalue weighted by Crippen LogP contribution is -2.09. The summed E-state index contributed by atoms with van der Waals surface area (Å²) < 4.78 is 0. The van der Waals surface area contributed by atoms with E-state index in [9.17, 15) is 0 Å². The molecule has 0 unspecified atom stereocenters. The third-order valence-corrected chi connectivity index (χ3v) is 4.21. The predicted octanol–water partition coefficient (Wildman–Crippen LogP) is 5.24. The molecule has 2 aliphatic rings. The van der Waals surface area contributed by atoms with E-state index in [1.807, 2.05) is 5.57 Å². The smallest absolute Gasteiger partial charge is 0.0203 e. The number of allylic oxidation sites excluding steroid dienone is 2. The molecule has 0 heterocycles. The van der Waals surface area contributed by atoms with Crippen molar-refractivity contribution in [1.29, 1.82) is 0 Å². The first-order valence-corrected chi connectivity index (χ1v) is 7.16. The minimum atomic E-state index is 0.983. The van der Waals surface area contributed by atoms with Crippen molar-refractivity contribution in [2.24, 2.45) is 5.92 Å². The van der Waals surface area contributed by atoms with Crippen LogP contribution in [-0.2, 0) is 0 Å². The monoisotopic (exact) mass is 206 g/mol. The number of hydrogen-bond acceptors (Lipinski definition) is 0. The second-order valence-electron chi connectivity index (χ2n) is 5.42. The van der Waals surface area contributed by atoms with Crippen LogP contribution in [0.3, 0.4) is 0 Å². The quantitative estimate of drug-likeness (QED) is 0.515. The van der Waals surface area contributed by atoms with Gasteiger partial charge in [0.15, 0.2) is 0 Å². The minimum Gasteiger partial charge on any atom is -0.0851 e. The molecule has 0 heteroatoms. The Bertz CT molecular complexity index is 196. The van der Waals surface area contributed by atoms with Crippen LogP contribution >= 0.6 is 0 Å². The van der Waals surface area contributed by atoms with Gasteiger partial charge in [0.1, 0.15) is 0 Å². The standard InChI is InChI=1S/C15H26/c1-2-4-7-11-14(10-6-3-1)15-12-8-5-9-13-15/h10,15H,1-9,11-13H2/b14-10+. The zero-order valence-corrected chi connectivity index (χ0v) is 10.1. The maximum Gasteiger partial charge on any atom is -0.0203 e. The highest BCUT2D eigenvalue weighted by molar-refractivity contribution is 5.08. The molecule has 0 saturated heterocycles. The molecule has 0 atom stereocenters. The summed E-state index contributed by atoms with van der Waals surface area (Å²) in [6.07, 6.45) is 20.2. The highest BCUT2D eigenvalue weighted by atomic mass is 14.2. The molecule has 0 bridgehead atoms. The topological polar surface area (TPSA) is 0 Å². The Balaban J connectivity index is 1.90. The highest BCUT2D eigenvalue weighted by Gasteiger charge is 2.17. The van der Waals surface area contributed by atoms with Gasteiger partial charge in [-0.1, -0.05) is 50.2 Å². The van der Waals surface area contributed by atoms with Crippen molar-refractivity contribution in [3.63, 3.8) is 0 Å². The number of hydrogen-bond donors (Lipinski definition) is 0. The third-order valence-electron chi connectivity index (χ3n) is 4.21. The maximum absolute atomic E-state index is 2.61. The second-order valence-corrected chi connectivity index (χ2v) is 5.42. The van der Waals surface area contributed by atoms with Gasteiger partial charge in [0.05, 0.1) is 0 Å². The van der Waals surface area contributed by atoms with Crippen LogP contribution < -0.4 is 0 Å². The molecule has 0 aromatic carbocycles. The van der Waals surface area contributed by atoms with E-state index in [-0.39, 0.29) is 0 Å². The van der Waals surface area contributed by atoms with Crippen LogP contribution in [0.5, 0.6) is 0 Å². The first-order valence-electron chi connectivity index (χ1n) is 7.16. The molecule has 0 nitrogen and oxygen atoms in total. The van der Waals surface area contributed by atoms with Crippen LogP contribution in [0.2, 0.25) is 0 Å². The molecule has 1 fully saturated rings. The molecule has 86 valence electrons. The van der Waals surface area contributed by atoms with Crippen LogP contribution in [0.15, 0.2) is 11.6 Å². The van der Waals surface area contributed by atoms with Crippen molar-refractivity contribution in [2.45, 2.75) is 77.0 Å². The zero-order valence-electron chi connectivity index (χ0n) is 10.1. The summed E-state index contributed by atoms with van der Waals surface area (Å²) in [5.41, 5.74) is 1.84. The third kappa shape index (κ3) is 3.66. The molecule has 0 aromatic heterocycles. The van der Waals surface area contributed by atoms with Crippen LogP contribution in [0.25, 0.3) is 0 Å². The summed E-state index contributed by atoms with van der Waals surface area (Å²) >= 11 is 0. The van der Waals surface area contributed by atoms with Gasteiger partial charge in [0.25, 0.3) is 0 Å². The van der Waals surface area contributed by atoms with Crippen molar-refractivity contribution in [1.82, 2.24) is 0 Å². The molecule has 0 spiro atoms. The molecule has 0 amide bonds. The van der Waals surface area contributed by atoms with Gasteiger partial charge in [0.2, 0.25) is 0 Å². The lowest BCUT2D eigenvalue weighted by Gasteiger charge is -2.24. The van der Waals surface area contributed by atoms with E-state index >= 15 is 0 Å². The molecule has 2 rings (SSSR count). The summed E-state index contributed by atoms with van der Waals surface area (Å²) in [6.45, 7) is 0. The SMILES string of the molecule is C1=C(/C2CCCCC2)CCCCCCC/1. The summed E-state index contributed by atoms with van der Waals surface area (Å²) in [7, 11) is 0.